The van der Waals surface area contributed by atoms with E-state index < -0.39 is 6.09 Å². The zero-order chi connectivity index (χ0) is 15.2. The van der Waals surface area contributed by atoms with E-state index >= 15 is 0 Å². The van der Waals surface area contributed by atoms with Gasteiger partial charge in [-0.25, -0.2) is 9.48 Å². The van der Waals surface area contributed by atoms with Gasteiger partial charge in [-0.2, -0.15) is 5.10 Å². The van der Waals surface area contributed by atoms with Crippen LogP contribution in [0.4, 0.5) is 4.79 Å². The molecule has 7 heteroatoms. The van der Waals surface area contributed by atoms with E-state index in [0.717, 1.165) is 19.3 Å². The molecular weight excluding hydrogens is 272 g/mol. The van der Waals surface area contributed by atoms with E-state index in [-0.39, 0.29) is 11.6 Å². The number of nitrogens with zero attached hydrogens (tertiary/aromatic N) is 4. The Morgan fingerprint density at radius 1 is 1.48 bits per heavy atom. The molecule has 0 aromatic carbocycles. The van der Waals surface area contributed by atoms with Crippen LogP contribution in [0.1, 0.15) is 26.2 Å². The number of carboxylic acid groups (broad SMARTS) is 1. The highest BCUT2D eigenvalue weighted by Gasteiger charge is 2.29. The molecule has 1 fully saturated rings. The molecule has 1 aromatic rings. The van der Waals surface area contributed by atoms with Crippen LogP contribution in [0, 0.1) is 0 Å². The second kappa shape index (κ2) is 7.21. The van der Waals surface area contributed by atoms with E-state index in [4.69, 9.17) is 0 Å². The van der Waals surface area contributed by atoms with E-state index in [1.54, 1.807) is 12.3 Å². The summed E-state index contributed by atoms with van der Waals surface area (Å²) in [5.41, 5.74) is -0.136. The maximum atomic E-state index is 11.7. The van der Waals surface area contributed by atoms with Crippen LogP contribution in [-0.2, 0) is 6.67 Å². The fourth-order valence-corrected chi connectivity index (χ4v) is 2.67. The zero-order valence-corrected chi connectivity index (χ0v) is 12.3. The van der Waals surface area contributed by atoms with Gasteiger partial charge in [0.1, 0.15) is 0 Å². The zero-order valence-electron chi connectivity index (χ0n) is 12.3. The maximum absolute atomic E-state index is 11.7. The fraction of sp³-hybridized carbons (Fsp3) is 0.643. The molecule has 0 spiro atoms. The number of unbranched alkanes of at least 4 members (excludes halogenated alkanes) is 1. The third-order valence-corrected chi connectivity index (χ3v) is 3.82. The molecule has 0 radical (unpaired) electrons. The van der Waals surface area contributed by atoms with Crippen LogP contribution in [0.15, 0.2) is 23.1 Å². The highest BCUT2D eigenvalue weighted by Crippen LogP contribution is 2.16. The van der Waals surface area contributed by atoms with Crippen LogP contribution in [0.25, 0.3) is 0 Å². The Balaban J connectivity index is 2.01. The van der Waals surface area contributed by atoms with E-state index in [1.807, 2.05) is 0 Å². The number of carbonyl (C=O) groups is 1. The largest absolute Gasteiger partial charge is 0.465 e. The van der Waals surface area contributed by atoms with Gasteiger partial charge in [-0.15, -0.1) is 0 Å². The fourth-order valence-electron chi connectivity index (χ4n) is 2.67. The van der Waals surface area contributed by atoms with Gasteiger partial charge in [0, 0.05) is 37.9 Å². The van der Waals surface area contributed by atoms with Crippen LogP contribution in [0.3, 0.4) is 0 Å². The molecule has 2 rings (SSSR count). The summed E-state index contributed by atoms with van der Waals surface area (Å²) < 4.78 is 1.41. The lowest BCUT2D eigenvalue weighted by Crippen LogP contribution is -2.55. The summed E-state index contributed by atoms with van der Waals surface area (Å²) in [7, 11) is 0. The van der Waals surface area contributed by atoms with Crippen molar-refractivity contribution < 1.29 is 9.90 Å². The lowest BCUT2D eigenvalue weighted by Gasteiger charge is -2.39. The average Bonchev–Trinajstić information content (AvgIpc) is 2.47. The van der Waals surface area contributed by atoms with E-state index in [0.29, 0.717) is 26.3 Å². The molecule has 1 aromatic heterocycles. The molecule has 1 aliphatic rings. The van der Waals surface area contributed by atoms with Crippen molar-refractivity contribution in [3.63, 3.8) is 0 Å². The number of amides is 1. The highest BCUT2D eigenvalue weighted by molar-refractivity contribution is 5.65. The number of rotatable bonds is 5. The van der Waals surface area contributed by atoms with Gasteiger partial charge in [0.05, 0.1) is 6.67 Å². The normalized spacial score (nSPS) is 19.7. The first-order chi connectivity index (χ1) is 10.1. The maximum Gasteiger partial charge on any atom is 0.407 e. The third-order valence-electron chi connectivity index (χ3n) is 3.82. The Kier molecular flexibility index (Phi) is 5.32. The molecule has 1 N–H and O–H groups in total. The number of hydrogen-bond acceptors (Lipinski definition) is 4. The minimum atomic E-state index is -0.856. The molecule has 7 nitrogen and oxygen atoms in total. The van der Waals surface area contributed by atoms with Gasteiger partial charge >= 0.3 is 6.09 Å². The van der Waals surface area contributed by atoms with Crippen LogP contribution >= 0.6 is 0 Å². The van der Waals surface area contributed by atoms with Crippen molar-refractivity contribution in [3.8, 4) is 0 Å². The minimum Gasteiger partial charge on any atom is -0.465 e. The summed E-state index contributed by atoms with van der Waals surface area (Å²) in [5.74, 6) is 0. The van der Waals surface area contributed by atoms with Gasteiger partial charge in [0.25, 0.3) is 5.56 Å². The third kappa shape index (κ3) is 4.04. The Morgan fingerprint density at radius 2 is 2.29 bits per heavy atom. The van der Waals surface area contributed by atoms with Crippen LogP contribution in [0.2, 0.25) is 0 Å². The average molecular weight is 294 g/mol. The van der Waals surface area contributed by atoms with Crippen molar-refractivity contribution in [1.29, 1.82) is 0 Å². The quantitative estimate of drug-likeness (QED) is 0.878. The number of piperazine rings is 1. The molecule has 0 bridgehead atoms. The Labute approximate surface area is 123 Å². The Morgan fingerprint density at radius 3 is 2.95 bits per heavy atom. The second-order valence-electron chi connectivity index (χ2n) is 5.35. The summed E-state index contributed by atoms with van der Waals surface area (Å²) in [5, 5.41) is 13.3. The van der Waals surface area contributed by atoms with Crippen LogP contribution in [-0.4, -0.2) is 56.5 Å². The van der Waals surface area contributed by atoms with Gasteiger partial charge in [-0.05, 0) is 12.5 Å². The molecule has 1 saturated heterocycles. The van der Waals surface area contributed by atoms with Crippen molar-refractivity contribution >= 4 is 6.09 Å². The Bertz CT molecular complexity index is 531. The first-order valence-electron chi connectivity index (χ1n) is 7.36. The van der Waals surface area contributed by atoms with Crippen LogP contribution < -0.4 is 5.56 Å². The first kappa shape index (κ1) is 15.5. The summed E-state index contributed by atoms with van der Waals surface area (Å²) in [6, 6.07) is 3.09. The van der Waals surface area contributed by atoms with Crippen molar-refractivity contribution in [2.45, 2.75) is 38.9 Å². The predicted molar refractivity (Wildman–Crippen MR) is 78.1 cm³/mol. The molecule has 0 saturated carbocycles. The lowest BCUT2D eigenvalue weighted by atomic mass is 10.1. The monoisotopic (exact) mass is 294 g/mol. The van der Waals surface area contributed by atoms with Crippen molar-refractivity contribution in [3.05, 3.63) is 28.7 Å². The van der Waals surface area contributed by atoms with Gasteiger partial charge in [-0.1, -0.05) is 19.8 Å². The van der Waals surface area contributed by atoms with E-state index in [1.165, 1.54) is 15.6 Å². The molecule has 116 valence electrons. The summed E-state index contributed by atoms with van der Waals surface area (Å²) in [4.78, 5) is 26.6. The second-order valence-corrected chi connectivity index (χ2v) is 5.35. The predicted octanol–water partition coefficient (Wildman–Crippen LogP) is 1.06. The van der Waals surface area contributed by atoms with E-state index in [2.05, 4.69) is 16.9 Å². The van der Waals surface area contributed by atoms with Crippen molar-refractivity contribution in [1.82, 2.24) is 19.6 Å². The smallest absolute Gasteiger partial charge is 0.407 e. The SMILES string of the molecule is CCCCC1CN(Cn2ncccc2=O)CCN1C(=O)O. The molecule has 1 aliphatic heterocycles. The number of aromatic nitrogens is 2. The van der Waals surface area contributed by atoms with Gasteiger partial charge in [-0.3, -0.25) is 9.69 Å². The Hall–Kier alpha value is -1.89. The molecule has 1 unspecified atom stereocenters. The molecule has 21 heavy (non-hydrogen) atoms. The lowest BCUT2D eigenvalue weighted by molar-refractivity contribution is 0.0472. The van der Waals surface area contributed by atoms with E-state index in [9.17, 15) is 14.7 Å². The summed E-state index contributed by atoms with van der Waals surface area (Å²) in [6.45, 7) is 4.26. The summed E-state index contributed by atoms with van der Waals surface area (Å²) >= 11 is 0. The minimum absolute atomic E-state index is 0.00406. The highest BCUT2D eigenvalue weighted by atomic mass is 16.4. The van der Waals surface area contributed by atoms with Gasteiger partial charge < -0.3 is 10.0 Å². The number of hydrogen-bond donors (Lipinski definition) is 1. The van der Waals surface area contributed by atoms with Crippen molar-refractivity contribution in [2.75, 3.05) is 19.6 Å². The van der Waals surface area contributed by atoms with Crippen LogP contribution in [0.5, 0.6) is 0 Å². The molecule has 0 aliphatic carbocycles. The van der Waals surface area contributed by atoms with Crippen molar-refractivity contribution in [2.24, 2.45) is 0 Å². The first-order valence-corrected chi connectivity index (χ1v) is 7.36. The standard InChI is InChI=1S/C14H22N4O3/c1-2-3-5-12-10-16(8-9-17(12)14(20)21)11-18-13(19)6-4-7-15-18/h4,6-7,12H,2-3,5,8-11H2,1H3,(H,20,21). The van der Waals surface area contributed by atoms with Gasteiger partial charge in [0.2, 0.25) is 0 Å². The molecule has 1 atom stereocenters. The topological polar surface area (TPSA) is 78.7 Å². The molecular formula is C14H22N4O3. The molecule has 2 heterocycles. The molecule has 1 amide bonds. The summed E-state index contributed by atoms with van der Waals surface area (Å²) in [6.07, 6.45) is 3.64. The van der Waals surface area contributed by atoms with Gasteiger partial charge in [0.15, 0.2) is 0 Å².